The van der Waals surface area contributed by atoms with Crippen molar-refractivity contribution >= 4 is 46.6 Å². The summed E-state index contributed by atoms with van der Waals surface area (Å²) < 4.78 is 10.6. The Balaban J connectivity index is 1.95. The molecule has 1 heterocycles. The van der Waals surface area contributed by atoms with Crippen molar-refractivity contribution in [2.75, 3.05) is 19.1 Å². The Kier molecular flexibility index (Phi) is 5.44. The SMILES string of the molecule is COc1ccc(/C=C2/NC(=S)N(c3ccccc3OC)C2=O)cc1CCl. The molecule has 1 amide bonds. The highest BCUT2D eigenvalue weighted by Gasteiger charge is 2.33. The van der Waals surface area contributed by atoms with Crippen molar-refractivity contribution in [3.63, 3.8) is 0 Å². The normalized spacial score (nSPS) is 15.3. The summed E-state index contributed by atoms with van der Waals surface area (Å²) in [5.74, 6) is 1.34. The van der Waals surface area contributed by atoms with Crippen LogP contribution in [0.25, 0.3) is 6.08 Å². The van der Waals surface area contributed by atoms with E-state index >= 15 is 0 Å². The summed E-state index contributed by atoms with van der Waals surface area (Å²) in [4.78, 5) is 14.3. The first-order valence-corrected chi connectivity index (χ1v) is 8.76. The Labute approximate surface area is 162 Å². The van der Waals surface area contributed by atoms with E-state index in [2.05, 4.69) is 5.32 Å². The van der Waals surface area contributed by atoms with E-state index in [1.54, 1.807) is 32.4 Å². The molecule has 0 atom stereocenters. The van der Waals surface area contributed by atoms with Gasteiger partial charge >= 0.3 is 0 Å². The maximum Gasteiger partial charge on any atom is 0.281 e. The third-order valence-corrected chi connectivity index (χ3v) is 4.54. The van der Waals surface area contributed by atoms with E-state index in [9.17, 15) is 4.79 Å². The lowest BCUT2D eigenvalue weighted by Crippen LogP contribution is -2.30. The molecule has 2 aromatic carbocycles. The molecule has 1 saturated heterocycles. The number of alkyl halides is 1. The second kappa shape index (κ2) is 7.76. The highest BCUT2D eigenvalue weighted by molar-refractivity contribution is 7.80. The van der Waals surface area contributed by atoms with E-state index in [1.165, 1.54) is 4.90 Å². The van der Waals surface area contributed by atoms with Gasteiger partial charge in [-0.3, -0.25) is 4.79 Å². The van der Waals surface area contributed by atoms with Gasteiger partial charge in [0, 0.05) is 5.56 Å². The van der Waals surface area contributed by atoms with E-state index in [1.807, 2.05) is 30.3 Å². The Morgan fingerprint density at radius 1 is 1.15 bits per heavy atom. The van der Waals surface area contributed by atoms with E-state index in [4.69, 9.17) is 33.3 Å². The number of carbonyl (C=O) groups excluding carboxylic acids is 1. The number of carbonyl (C=O) groups is 1. The highest BCUT2D eigenvalue weighted by atomic mass is 35.5. The van der Waals surface area contributed by atoms with Crippen LogP contribution < -0.4 is 19.7 Å². The van der Waals surface area contributed by atoms with E-state index in [-0.39, 0.29) is 5.91 Å². The number of amides is 1. The number of ether oxygens (including phenoxy) is 2. The molecule has 0 saturated carbocycles. The van der Waals surface area contributed by atoms with Crippen molar-refractivity contribution in [3.8, 4) is 11.5 Å². The number of para-hydroxylation sites is 2. The number of methoxy groups -OCH3 is 2. The predicted octanol–water partition coefficient (Wildman–Crippen LogP) is 3.70. The van der Waals surface area contributed by atoms with Gasteiger partial charge < -0.3 is 14.8 Å². The largest absolute Gasteiger partial charge is 0.496 e. The summed E-state index contributed by atoms with van der Waals surface area (Å²) in [6, 6.07) is 12.8. The topological polar surface area (TPSA) is 50.8 Å². The molecule has 1 N–H and O–H groups in total. The fraction of sp³-hybridized carbons (Fsp3) is 0.158. The molecule has 26 heavy (non-hydrogen) atoms. The van der Waals surface area contributed by atoms with Gasteiger partial charge in [0.25, 0.3) is 5.91 Å². The Hall–Kier alpha value is -2.57. The van der Waals surface area contributed by atoms with Crippen molar-refractivity contribution < 1.29 is 14.3 Å². The summed E-state index contributed by atoms with van der Waals surface area (Å²) in [6.45, 7) is 0. The first-order chi connectivity index (χ1) is 12.6. The lowest BCUT2D eigenvalue weighted by atomic mass is 10.1. The van der Waals surface area contributed by atoms with Gasteiger partial charge in [-0.1, -0.05) is 18.2 Å². The lowest BCUT2D eigenvalue weighted by Gasteiger charge is -2.17. The van der Waals surface area contributed by atoms with Crippen LogP contribution in [-0.2, 0) is 10.7 Å². The minimum atomic E-state index is -0.247. The van der Waals surface area contributed by atoms with Crippen LogP contribution in [-0.4, -0.2) is 25.2 Å². The van der Waals surface area contributed by atoms with Crippen LogP contribution in [0.3, 0.4) is 0 Å². The number of thiocarbonyl (C=S) groups is 1. The molecule has 3 rings (SSSR count). The maximum atomic E-state index is 12.9. The second-order valence-electron chi connectivity index (χ2n) is 5.51. The Morgan fingerprint density at radius 2 is 1.88 bits per heavy atom. The monoisotopic (exact) mass is 388 g/mol. The average Bonchev–Trinajstić information content (AvgIpc) is 2.94. The van der Waals surface area contributed by atoms with Crippen LogP contribution in [0.4, 0.5) is 5.69 Å². The summed E-state index contributed by atoms with van der Waals surface area (Å²) in [5, 5.41) is 3.27. The maximum absolute atomic E-state index is 12.9. The molecule has 134 valence electrons. The van der Waals surface area contributed by atoms with E-state index in [0.29, 0.717) is 33.9 Å². The molecule has 0 spiro atoms. The number of hydrogen-bond acceptors (Lipinski definition) is 4. The number of benzene rings is 2. The standard InChI is InChI=1S/C19H17ClN2O3S/c1-24-16-8-7-12(9-13(16)11-20)10-14-18(23)22(19(26)21-14)15-5-3-4-6-17(15)25-2/h3-10H,11H2,1-2H3,(H,21,26)/b14-10+. The fourth-order valence-corrected chi connectivity index (χ4v) is 3.23. The molecular weight excluding hydrogens is 372 g/mol. The quantitative estimate of drug-likeness (QED) is 0.481. The van der Waals surface area contributed by atoms with Crippen molar-refractivity contribution in [2.45, 2.75) is 5.88 Å². The number of anilines is 1. The molecule has 1 aliphatic rings. The molecule has 0 aliphatic carbocycles. The van der Waals surface area contributed by atoms with Gasteiger partial charge in [0.2, 0.25) is 0 Å². The molecule has 0 bridgehead atoms. The van der Waals surface area contributed by atoms with Gasteiger partial charge in [-0.05, 0) is 48.1 Å². The van der Waals surface area contributed by atoms with Crippen LogP contribution in [0.5, 0.6) is 11.5 Å². The summed E-state index contributed by atoms with van der Waals surface area (Å²) in [7, 11) is 3.15. The summed E-state index contributed by atoms with van der Waals surface area (Å²) in [6.07, 6.45) is 1.74. The van der Waals surface area contributed by atoms with Gasteiger partial charge in [-0.25, -0.2) is 4.90 Å². The van der Waals surface area contributed by atoms with Crippen molar-refractivity contribution in [1.29, 1.82) is 0 Å². The van der Waals surface area contributed by atoms with Gasteiger partial charge in [0.05, 0.1) is 25.8 Å². The third-order valence-electron chi connectivity index (χ3n) is 3.96. The van der Waals surface area contributed by atoms with Crippen molar-refractivity contribution in [3.05, 3.63) is 59.3 Å². The first-order valence-electron chi connectivity index (χ1n) is 7.82. The molecule has 1 aliphatic heterocycles. The van der Waals surface area contributed by atoms with Crippen LogP contribution in [0.1, 0.15) is 11.1 Å². The number of halogens is 1. The number of hydrogen-bond donors (Lipinski definition) is 1. The summed E-state index contributed by atoms with van der Waals surface area (Å²) >= 11 is 11.3. The molecule has 2 aromatic rings. The number of rotatable bonds is 5. The van der Waals surface area contributed by atoms with Gasteiger partial charge in [-0.2, -0.15) is 0 Å². The molecular formula is C19H17ClN2O3S. The Bertz CT molecular complexity index is 898. The minimum Gasteiger partial charge on any atom is -0.496 e. The van der Waals surface area contributed by atoms with Crippen molar-refractivity contribution in [2.24, 2.45) is 0 Å². The second-order valence-corrected chi connectivity index (χ2v) is 6.16. The molecule has 0 unspecified atom stereocenters. The van der Waals surface area contributed by atoms with Gasteiger partial charge in [-0.15, -0.1) is 11.6 Å². The number of nitrogens with one attached hydrogen (secondary N) is 1. The van der Waals surface area contributed by atoms with Gasteiger partial charge in [0.15, 0.2) is 5.11 Å². The van der Waals surface area contributed by atoms with Gasteiger partial charge in [0.1, 0.15) is 17.2 Å². The third kappa shape index (κ3) is 3.38. The van der Waals surface area contributed by atoms with Crippen molar-refractivity contribution in [1.82, 2.24) is 5.32 Å². The minimum absolute atomic E-state index is 0.247. The Morgan fingerprint density at radius 3 is 2.58 bits per heavy atom. The van der Waals surface area contributed by atoms with Crippen LogP contribution in [0.2, 0.25) is 0 Å². The van der Waals surface area contributed by atoms with E-state index < -0.39 is 0 Å². The smallest absolute Gasteiger partial charge is 0.281 e. The molecule has 0 aromatic heterocycles. The molecule has 7 heteroatoms. The highest BCUT2D eigenvalue weighted by Crippen LogP contribution is 2.31. The van der Waals surface area contributed by atoms with E-state index in [0.717, 1.165) is 11.1 Å². The first kappa shape index (κ1) is 18.2. The lowest BCUT2D eigenvalue weighted by molar-refractivity contribution is -0.113. The zero-order valence-electron chi connectivity index (χ0n) is 14.3. The predicted molar refractivity (Wildman–Crippen MR) is 107 cm³/mol. The van der Waals surface area contributed by atoms with Crippen LogP contribution >= 0.6 is 23.8 Å². The molecule has 0 radical (unpaired) electrons. The zero-order valence-corrected chi connectivity index (χ0v) is 15.9. The van der Waals surface area contributed by atoms with Crippen LogP contribution in [0.15, 0.2) is 48.2 Å². The fourth-order valence-electron chi connectivity index (χ4n) is 2.73. The molecule has 1 fully saturated rings. The van der Waals surface area contributed by atoms with Crippen LogP contribution in [0, 0.1) is 0 Å². The number of nitrogens with zero attached hydrogens (tertiary/aromatic N) is 1. The summed E-state index contributed by atoms with van der Waals surface area (Å²) in [5.41, 5.74) is 2.64. The zero-order chi connectivity index (χ0) is 18.7. The molecule has 5 nitrogen and oxygen atoms in total. The average molecular weight is 389 g/mol.